The number of hydrogen-bond acceptors (Lipinski definition) is 5. The Morgan fingerprint density at radius 3 is 2.86 bits per heavy atom. The smallest absolute Gasteiger partial charge is 0.270 e. The van der Waals surface area contributed by atoms with E-state index in [4.69, 9.17) is 10.5 Å². The van der Waals surface area contributed by atoms with Crippen LogP contribution in [0.5, 0.6) is 5.75 Å². The van der Waals surface area contributed by atoms with Gasteiger partial charge in [0.2, 0.25) is 0 Å². The van der Waals surface area contributed by atoms with Crippen molar-refractivity contribution in [2.75, 3.05) is 20.2 Å². The molecule has 0 amide bonds. The minimum absolute atomic E-state index is 0.103. The van der Waals surface area contributed by atoms with E-state index in [1.54, 1.807) is 19.2 Å². The number of likely N-dealkylation sites (tertiary alicyclic amines) is 1. The quantitative estimate of drug-likeness (QED) is 0.664. The summed E-state index contributed by atoms with van der Waals surface area (Å²) < 4.78 is 5.34. The number of methoxy groups -OCH3 is 1. The standard InChI is InChI=1S/C15H23N3O3/c1-11-3-4-12(8-16)9-17(11)10-13-7-14(18(19)20)5-6-15(13)21-2/h5-7,11-12H,3-4,8-10,16H2,1-2H3. The molecule has 0 saturated carbocycles. The van der Waals surface area contributed by atoms with Crippen LogP contribution in [-0.4, -0.2) is 36.1 Å². The molecule has 0 radical (unpaired) electrons. The minimum atomic E-state index is -0.370. The SMILES string of the molecule is COc1ccc([N+](=O)[O-])cc1CN1CC(CN)CCC1C. The number of nitrogens with zero attached hydrogens (tertiary/aromatic N) is 2. The van der Waals surface area contributed by atoms with Gasteiger partial charge in [-0.3, -0.25) is 15.0 Å². The minimum Gasteiger partial charge on any atom is -0.496 e. The predicted molar refractivity (Wildman–Crippen MR) is 81.3 cm³/mol. The second kappa shape index (κ2) is 6.87. The Bertz CT molecular complexity index is 507. The van der Waals surface area contributed by atoms with Crippen molar-refractivity contribution in [2.45, 2.75) is 32.4 Å². The Morgan fingerprint density at radius 1 is 1.48 bits per heavy atom. The molecular weight excluding hydrogens is 270 g/mol. The van der Waals surface area contributed by atoms with Gasteiger partial charge in [-0.1, -0.05) is 0 Å². The Hall–Kier alpha value is -1.66. The van der Waals surface area contributed by atoms with Crippen LogP contribution in [0.1, 0.15) is 25.3 Å². The number of benzene rings is 1. The average molecular weight is 293 g/mol. The van der Waals surface area contributed by atoms with Gasteiger partial charge in [-0.15, -0.1) is 0 Å². The van der Waals surface area contributed by atoms with Crippen molar-refractivity contribution < 1.29 is 9.66 Å². The molecule has 2 rings (SSSR count). The molecule has 2 unspecified atom stereocenters. The highest BCUT2D eigenvalue weighted by Crippen LogP contribution is 2.29. The number of ether oxygens (including phenoxy) is 1. The van der Waals surface area contributed by atoms with Gasteiger partial charge >= 0.3 is 0 Å². The van der Waals surface area contributed by atoms with Crippen molar-refractivity contribution >= 4 is 5.69 Å². The molecule has 1 aromatic carbocycles. The Kier molecular flexibility index (Phi) is 5.14. The van der Waals surface area contributed by atoms with Crippen molar-refractivity contribution in [1.82, 2.24) is 4.90 Å². The molecule has 1 fully saturated rings. The number of nitrogens with two attached hydrogens (primary N) is 1. The zero-order valence-corrected chi connectivity index (χ0v) is 12.6. The first-order valence-corrected chi connectivity index (χ1v) is 7.30. The van der Waals surface area contributed by atoms with Gasteiger partial charge in [-0.05, 0) is 38.3 Å². The monoisotopic (exact) mass is 293 g/mol. The molecule has 6 nitrogen and oxygen atoms in total. The summed E-state index contributed by atoms with van der Waals surface area (Å²) in [6, 6.07) is 5.21. The maximum atomic E-state index is 10.9. The van der Waals surface area contributed by atoms with E-state index in [0.29, 0.717) is 30.8 Å². The molecule has 0 aromatic heterocycles. The van der Waals surface area contributed by atoms with Crippen LogP contribution in [0.2, 0.25) is 0 Å². The third kappa shape index (κ3) is 3.71. The van der Waals surface area contributed by atoms with Crippen molar-refractivity contribution in [3.8, 4) is 5.75 Å². The van der Waals surface area contributed by atoms with E-state index in [2.05, 4.69) is 11.8 Å². The number of nitro groups is 1. The number of rotatable bonds is 5. The molecular formula is C15H23N3O3. The van der Waals surface area contributed by atoms with Crippen LogP contribution in [0.25, 0.3) is 0 Å². The van der Waals surface area contributed by atoms with E-state index in [1.807, 2.05) is 0 Å². The Labute approximate surface area is 125 Å². The number of nitro benzene ring substituents is 1. The molecule has 21 heavy (non-hydrogen) atoms. The van der Waals surface area contributed by atoms with Crippen molar-refractivity contribution in [2.24, 2.45) is 11.7 Å². The van der Waals surface area contributed by atoms with E-state index in [9.17, 15) is 10.1 Å². The summed E-state index contributed by atoms with van der Waals surface area (Å²) in [6.07, 6.45) is 2.26. The summed E-state index contributed by atoms with van der Waals surface area (Å²) in [5.74, 6) is 1.20. The summed E-state index contributed by atoms with van der Waals surface area (Å²) in [5, 5.41) is 10.9. The summed E-state index contributed by atoms with van der Waals surface area (Å²) in [5.41, 5.74) is 6.74. The first kappa shape index (κ1) is 15.7. The Morgan fingerprint density at radius 2 is 2.24 bits per heavy atom. The number of non-ortho nitro benzene ring substituents is 1. The van der Waals surface area contributed by atoms with Crippen LogP contribution in [0, 0.1) is 16.0 Å². The van der Waals surface area contributed by atoms with Crippen LogP contribution >= 0.6 is 0 Å². The largest absolute Gasteiger partial charge is 0.496 e. The van der Waals surface area contributed by atoms with Crippen molar-refractivity contribution in [3.63, 3.8) is 0 Å². The van der Waals surface area contributed by atoms with E-state index in [0.717, 1.165) is 24.9 Å². The average Bonchev–Trinajstić information content (AvgIpc) is 2.49. The maximum Gasteiger partial charge on any atom is 0.270 e. The second-order valence-electron chi connectivity index (χ2n) is 5.71. The summed E-state index contributed by atoms with van der Waals surface area (Å²) in [7, 11) is 1.59. The topological polar surface area (TPSA) is 81.6 Å². The van der Waals surface area contributed by atoms with Gasteiger partial charge in [0.05, 0.1) is 12.0 Å². The van der Waals surface area contributed by atoms with E-state index >= 15 is 0 Å². The number of piperidine rings is 1. The summed E-state index contributed by atoms with van der Waals surface area (Å²) in [4.78, 5) is 12.9. The maximum absolute atomic E-state index is 10.9. The lowest BCUT2D eigenvalue weighted by atomic mass is 9.93. The van der Waals surface area contributed by atoms with Crippen molar-refractivity contribution in [1.29, 1.82) is 0 Å². The van der Waals surface area contributed by atoms with Crippen LogP contribution < -0.4 is 10.5 Å². The predicted octanol–water partition coefficient (Wildman–Crippen LogP) is 2.16. The number of hydrogen-bond donors (Lipinski definition) is 1. The van der Waals surface area contributed by atoms with Crippen LogP contribution in [0.15, 0.2) is 18.2 Å². The fourth-order valence-electron chi connectivity index (χ4n) is 2.90. The van der Waals surface area contributed by atoms with Gasteiger partial charge < -0.3 is 10.5 Å². The van der Waals surface area contributed by atoms with Gasteiger partial charge in [0.15, 0.2) is 0 Å². The summed E-state index contributed by atoms with van der Waals surface area (Å²) in [6.45, 7) is 4.47. The van der Waals surface area contributed by atoms with Crippen LogP contribution in [0.4, 0.5) is 5.69 Å². The highest BCUT2D eigenvalue weighted by molar-refractivity contribution is 5.43. The lowest BCUT2D eigenvalue weighted by Crippen LogP contribution is -2.43. The van der Waals surface area contributed by atoms with E-state index in [-0.39, 0.29) is 10.6 Å². The third-order valence-corrected chi connectivity index (χ3v) is 4.29. The first-order chi connectivity index (χ1) is 10.0. The molecule has 0 aliphatic carbocycles. The van der Waals surface area contributed by atoms with E-state index < -0.39 is 0 Å². The van der Waals surface area contributed by atoms with Gasteiger partial charge in [0.1, 0.15) is 5.75 Å². The highest BCUT2D eigenvalue weighted by Gasteiger charge is 2.25. The lowest BCUT2D eigenvalue weighted by molar-refractivity contribution is -0.385. The fourth-order valence-corrected chi connectivity index (χ4v) is 2.90. The molecule has 1 aromatic rings. The molecule has 2 atom stereocenters. The lowest BCUT2D eigenvalue weighted by Gasteiger charge is -2.37. The van der Waals surface area contributed by atoms with Gasteiger partial charge in [0, 0.05) is 36.8 Å². The van der Waals surface area contributed by atoms with Crippen LogP contribution in [-0.2, 0) is 6.54 Å². The molecule has 0 spiro atoms. The van der Waals surface area contributed by atoms with E-state index in [1.165, 1.54) is 6.07 Å². The molecule has 0 bridgehead atoms. The first-order valence-electron chi connectivity index (χ1n) is 7.30. The zero-order chi connectivity index (χ0) is 15.4. The van der Waals surface area contributed by atoms with Gasteiger partial charge in [-0.2, -0.15) is 0 Å². The van der Waals surface area contributed by atoms with Gasteiger partial charge in [-0.25, -0.2) is 0 Å². The fraction of sp³-hybridized carbons (Fsp3) is 0.600. The van der Waals surface area contributed by atoms with Crippen molar-refractivity contribution in [3.05, 3.63) is 33.9 Å². The normalized spacial score (nSPS) is 23.0. The molecule has 1 aliphatic rings. The zero-order valence-electron chi connectivity index (χ0n) is 12.6. The summed E-state index contributed by atoms with van der Waals surface area (Å²) >= 11 is 0. The molecule has 1 aliphatic heterocycles. The molecule has 1 saturated heterocycles. The highest BCUT2D eigenvalue weighted by atomic mass is 16.6. The third-order valence-electron chi connectivity index (χ3n) is 4.29. The molecule has 6 heteroatoms. The Balaban J connectivity index is 2.20. The van der Waals surface area contributed by atoms with Crippen LogP contribution in [0.3, 0.4) is 0 Å². The molecule has 1 heterocycles. The van der Waals surface area contributed by atoms with Gasteiger partial charge in [0.25, 0.3) is 5.69 Å². The second-order valence-corrected chi connectivity index (χ2v) is 5.71. The molecule has 116 valence electrons. The molecule has 2 N–H and O–H groups in total.